The molecule has 0 radical (unpaired) electrons. The number of urea groups is 1. The average Bonchev–Trinajstić information content (AvgIpc) is 2.46. The van der Waals surface area contributed by atoms with Gasteiger partial charge in [0.15, 0.2) is 0 Å². The summed E-state index contributed by atoms with van der Waals surface area (Å²) in [7, 11) is 0. The Morgan fingerprint density at radius 2 is 1.76 bits per heavy atom. The molecule has 2 amide bonds. The SMILES string of the molecule is Cc1ccc(CNC(=O)N2CCN(CC(C)C)CC2)cc1. The van der Waals surface area contributed by atoms with Gasteiger partial charge in [-0.25, -0.2) is 4.79 Å². The second kappa shape index (κ2) is 7.46. The predicted molar refractivity (Wildman–Crippen MR) is 86.3 cm³/mol. The van der Waals surface area contributed by atoms with Crippen molar-refractivity contribution in [1.82, 2.24) is 15.1 Å². The van der Waals surface area contributed by atoms with Crippen molar-refractivity contribution < 1.29 is 4.79 Å². The highest BCUT2D eigenvalue weighted by molar-refractivity contribution is 5.74. The number of nitrogens with zero attached hydrogens (tertiary/aromatic N) is 2. The molecule has 4 nitrogen and oxygen atoms in total. The van der Waals surface area contributed by atoms with Gasteiger partial charge in [-0.1, -0.05) is 43.7 Å². The number of amides is 2. The fourth-order valence-electron chi connectivity index (χ4n) is 2.65. The van der Waals surface area contributed by atoms with Crippen molar-refractivity contribution in [2.24, 2.45) is 5.92 Å². The number of hydrogen-bond donors (Lipinski definition) is 1. The van der Waals surface area contributed by atoms with Crippen molar-refractivity contribution in [3.8, 4) is 0 Å². The van der Waals surface area contributed by atoms with E-state index < -0.39 is 0 Å². The minimum Gasteiger partial charge on any atom is -0.334 e. The zero-order valence-electron chi connectivity index (χ0n) is 13.4. The number of hydrogen-bond acceptors (Lipinski definition) is 2. The van der Waals surface area contributed by atoms with E-state index in [1.165, 1.54) is 5.56 Å². The molecule has 0 unspecified atom stereocenters. The molecule has 21 heavy (non-hydrogen) atoms. The van der Waals surface area contributed by atoms with Crippen LogP contribution in [-0.4, -0.2) is 48.6 Å². The number of rotatable bonds is 4. The third kappa shape index (κ3) is 5.05. The summed E-state index contributed by atoms with van der Waals surface area (Å²) < 4.78 is 0. The average molecular weight is 289 g/mol. The van der Waals surface area contributed by atoms with Gasteiger partial charge < -0.3 is 10.2 Å². The molecule has 1 aromatic carbocycles. The molecule has 1 N–H and O–H groups in total. The van der Waals surface area contributed by atoms with E-state index in [0.29, 0.717) is 12.5 Å². The summed E-state index contributed by atoms with van der Waals surface area (Å²) in [5, 5.41) is 3.01. The van der Waals surface area contributed by atoms with Gasteiger partial charge in [0.25, 0.3) is 0 Å². The van der Waals surface area contributed by atoms with Crippen LogP contribution < -0.4 is 5.32 Å². The van der Waals surface area contributed by atoms with E-state index in [1.54, 1.807) is 0 Å². The lowest BCUT2D eigenvalue weighted by Gasteiger charge is -2.35. The van der Waals surface area contributed by atoms with Gasteiger partial charge in [0, 0.05) is 39.3 Å². The zero-order valence-corrected chi connectivity index (χ0v) is 13.4. The quantitative estimate of drug-likeness (QED) is 0.924. The first-order chi connectivity index (χ1) is 10.0. The molecule has 1 aliphatic rings. The molecule has 0 aliphatic carbocycles. The fourth-order valence-corrected chi connectivity index (χ4v) is 2.65. The number of carbonyl (C=O) groups excluding carboxylic acids is 1. The van der Waals surface area contributed by atoms with E-state index in [1.807, 2.05) is 4.90 Å². The smallest absolute Gasteiger partial charge is 0.317 e. The van der Waals surface area contributed by atoms with Gasteiger partial charge in [-0.2, -0.15) is 0 Å². The van der Waals surface area contributed by atoms with E-state index in [0.717, 1.165) is 38.3 Å². The first kappa shape index (κ1) is 15.8. The van der Waals surface area contributed by atoms with Gasteiger partial charge in [0.1, 0.15) is 0 Å². The molecule has 2 rings (SSSR count). The molecule has 0 atom stereocenters. The predicted octanol–water partition coefficient (Wildman–Crippen LogP) is 2.48. The van der Waals surface area contributed by atoms with Gasteiger partial charge in [0.2, 0.25) is 0 Å². The first-order valence-corrected chi connectivity index (χ1v) is 7.85. The van der Waals surface area contributed by atoms with E-state index in [4.69, 9.17) is 0 Å². The molecule has 4 heteroatoms. The fraction of sp³-hybridized carbons (Fsp3) is 0.588. The number of piperazine rings is 1. The van der Waals surface area contributed by atoms with Gasteiger partial charge in [-0.05, 0) is 18.4 Å². The molecular weight excluding hydrogens is 262 g/mol. The van der Waals surface area contributed by atoms with E-state index >= 15 is 0 Å². The van der Waals surface area contributed by atoms with Crippen molar-refractivity contribution in [2.45, 2.75) is 27.3 Å². The third-order valence-electron chi connectivity index (χ3n) is 3.85. The highest BCUT2D eigenvalue weighted by atomic mass is 16.2. The number of benzene rings is 1. The Labute approximate surface area is 128 Å². The van der Waals surface area contributed by atoms with Crippen molar-refractivity contribution in [3.05, 3.63) is 35.4 Å². The summed E-state index contributed by atoms with van der Waals surface area (Å²) in [6.07, 6.45) is 0. The third-order valence-corrected chi connectivity index (χ3v) is 3.85. The highest BCUT2D eigenvalue weighted by Gasteiger charge is 2.20. The largest absolute Gasteiger partial charge is 0.334 e. The molecule has 1 aliphatic heterocycles. The normalized spacial score (nSPS) is 16.3. The maximum Gasteiger partial charge on any atom is 0.317 e. The minimum atomic E-state index is 0.0553. The Kier molecular flexibility index (Phi) is 5.62. The van der Waals surface area contributed by atoms with E-state index in [-0.39, 0.29) is 6.03 Å². The van der Waals surface area contributed by atoms with Crippen LogP contribution in [-0.2, 0) is 6.54 Å². The van der Waals surface area contributed by atoms with Crippen LogP contribution in [0.3, 0.4) is 0 Å². The summed E-state index contributed by atoms with van der Waals surface area (Å²) in [4.78, 5) is 16.5. The van der Waals surface area contributed by atoms with Crippen LogP contribution in [0.5, 0.6) is 0 Å². The standard InChI is InChI=1S/C17H27N3O/c1-14(2)13-19-8-10-20(11-9-19)17(21)18-12-16-6-4-15(3)5-7-16/h4-7,14H,8-13H2,1-3H3,(H,18,21). The highest BCUT2D eigenvalue weighted by Crippen LogP contribution is 2.06. The molecule has 0 aromatic heterocycles. The van der Waals surface area contributed by atoms with Gasteiger partial charge >= 0.3 is 6.03 Å². The Balaban J connectivity index is 1.73. The van der Waals surface area contributed by atoms with Crippen molar-refractivity contribution in [1.29, 1.82) is 0 Å². The molecule has 0 spiro atoms. The molecule has 1 heterocycles. The lowest BCUT2D eigenvalue weighted by Crippen LogP contribution is -2.52. The Morgan fingerprint density at radius 3 is 2.33 bits per heavy atom. The number of aryl methyl sites for hydroxylation is 1. The summed E-state index contributed by atoms with van der Waals surface area (Å²) in [6, 6.07) is 8.34. The maximum atomic E-state index is 12.2. The second-order valence-electron chi connectivity index (χ2n) is 6.33. The summed E-state index contributed by atoms with van der Waals surface area (Å²) in [5.41, 5.74) is 2.39. The van der Waals surface area contributed by atoms with Crippen molar-refractivity contribution in [2.75, 3.05) is 32.7 Å². The van der Waals surface area contributed by atoms with E-state index in [9.17, 15) is 4.79 Å². The van der Waals surface area contributed by atoms with Crippen LogP contribution in [0.2, 0.25) is 0 Å². The molecule has 1 saturated heterocycles. The Morgan fingerprint density at radius 1 is 1.14 bits per heavy atom. The molecule has 1 aromatic rings. The molecule has 0 saturated carbocycles. The lowest BCUT2D eigenvalue weighted by molar-refractivity contribution is 0.131. The summed E-state index contributed by atoms with van der Waals surface area (Å²) >= 11 is 0. The zero-order chi connectivity index (χ0) is 15.2. The van der Waals surface area contributed by atoms with Crippen LogP contribution in [0, 0.1) is 12.8 Å². The first-order valence-electron chi connectivity index (χ1n) is 7.85. The van der Waals surface area contributed by atoms with Crippen LogP contribution in [0.15, 0.2) is 24.3 Å². The van der Waals surface area contributed by atoms with E-state index in [2.05, 4.69) is 55.3 Å². The summed E-state index contributed by atoms with van der Waals surface area (Å²) in [6.45, 7) is 11.9. The van der Waals surface area contributed by atoms with Gasteiger partial charge in [-0.3, -0.25) is 4.90 Å². The number of carbonyl (C=O) groups is 1. The molecule has 0 bridgehead atoms. The van der Waals surface area contributed by atoms with Crippen molar-refractivity contribution >= 4 is 6.03 Å². The second-order valence-corrected chi connectivity index (χ2v) is 6.33. The Bertz CT molecular complexity index is 448. The summed E-state index contributed by atoms with van der Waals surface area (Å²) in [5.74, 6) is 0.687. The van der Waals surface area contributed by atoms with Crippen LogP contribution >= 0.6 is 0 Å². The monoisotopic (exact) mass is 289 g/mol. The van der Waals surface area contributed by atoms with Gasteiger partial charge in [0.05, 0.1) is 0 Å². The molecular formula is C17H27N3O. The van der Waals surface area contributed by atoms with Crippen LogP contribution in [0.4, 0.5) is 4.79 Å². The van der Waals surface area contributed by atoms with Crippen LogP contribution in [0.1, 0.15) is 25.0 Å². The van der Waals surface area contributed by atoms with Gasteiger partial charge in [-0.15, -0.1) is 0 Å². The number of nitrogens with one attached hydrogen (secondary N) is 1. The maximum absolute atomic E-state index is 12.2. The topological polar surface area (TPSA) is 35.6 Å². The van der Waals surface area contributed by atoms with Crippen molar-refractivity contribution in [3.63, 3.8) is 0 Å². The Hall–Kier alpha value is -1.55. The minimum absolute atomic E-state index is 0.0553. The van der Waals surface area contributed by atoms with Crippen LogP contribution in [0.25, 0.3) is 0 Å². The molecule has 116 valence electrons. The lowest BCUT2D eigenvalue weighted by atomic mass is 10.1. The molecule has 1 fully saturated rings.